The summed E-state index contributed by atoms with van der Waals surface area (Å²) in [6.07, 6.45) is 13.3. The standard InChI is InChI=1S/C27H35N5O2/c1-2-34-21-15-13-19(14-16-21)26-30-23(25(28)33)24-27(31-26)32(20-11-7-4-8-12-20)22(29-24)17-18-9-5-3-6-10-18/h13-16,18,20H,2-12,17H2,1H3,(H2,28,33). The zero-order chi connectivity index (χ0) is 23.5. The van der Waals surface area contributed by atoms with Crippen LogP contribution in [0.3, 0.4) is 0 Å². The van der Waals surface area contributed by atoms with E-state index in [0.717, 1.165) is 42.0 Å². The first kappa shape index (κ1) is 22.8. The van der Waals surface area contributed by atoms with Crippen molar-refractivity contribution in [2.45, 2.75) is 83.6 Å². The van der Waals surface area contributed by atoms with E-state index in [2.05, 4.69) is 9.55 Å². The third-order valence-electron chi connectivity index (χ3n) is 7.41. The highest BCUT2D eigenvalue weighted by Gasteiger charge is 2.28. The zero-order valence-corrected chi connectivity index (χ0v) is 20.1. The Morgan fingerprint density at radius 1 is 0.971 bits per heavy atom. The molecule has 0 saturated heterocycles. The normalized spacial score (nSPS) is 17.8. The molecule has 2 aromatic heterocycles. The minimum atomic E-state index is -0.558. The van der Waals surface area contributed by atoms with E-state index < -0.39 is 5.91 Å². The lowest BCUT2D eigenvalue weighted by atomic mass is 9.86. The second-order valence-corrected chi connectivity index (χ2v) is 9.79. The molecule has 2 heterocycles. The fourth-order valence-corrected chi connectivity index (χ4v) is 5.70. The monoisotopic (exact) mass is 461 g/mol. The number of carbonyl (C=O) groups is 1. The molecule has 1 aromatic carbocycles. The lowest BCUT2D eigenvalue weighted by Crippen LogP contribution is -2.19. The third kappa shape index (κ3) is 4.65. The number of primary amides is 1. The summed E-state index contributed by atoms with van der Waals surface area (Å²) in [7, 11) is 0. The second kappa shape index (κ2) is 10.1. The van der Waals surface area contributed by atoms with E-state index >= 15 is 0 Å². The quantitative estimate of drug-likeness (QED) is 0.493. The molecule has 7 nitrogen and oxygen atoms in total. The van der Waals surface area contributed by atoms with Crippen LogP contribution in [0.25, 0.3) is 22.6 Å². The topological polar surface area (TPSA) is 95.9 Å². The Kier molecular flexibility index (Phi) is 6.79. The minimum absolute atomic E-state index is 0.216. The summed E-state index contributed by atoms with van der Waals surface area (Å²) in [5.41, 5.74) is 8.17. The van der Waals surface area contributed by atoms with Crippen molar-refractivity contribution in [1.29, 1.82) is 0 Å². The predicted octanol–water partition coefficient (Wildman–Crippen LogP) is 5.62. The van der Waals surface area contributed by atoms with E-state index in [1.54, 1.807) is 0 Å². The molecule has 2 aliphatic rings. The first-order valence-corrected chi connectivity index (χ1v) is 13.0. The third-order valence-corrected chi connectivity index (χ3v) is 7.41. The molecule has 0 radical (unpaired) electrons. The van der Waals surface area contributed by atoms with Gasteiger partial charge in [-0.15, -0.1) is 0 Å². The molecule has 3 aromatic rings. The highest BCUT2D eigenvalue weighted by Crippen LogP contribution is 2.35. The Hall–Kier alpha value is -2.96. The summed E-state index contributed by atoms with van der Waals surface area (Å²) in [5.74, 6) is 2.44. The van der Waals surface area contributed by atoms with Gasteiger partial charge in [-0.25, -0.2) is 15.0 Å². The molecule has 0 aliphatic heterocycles. The van der Waals surface area contributed by atoms with Crippen molar-refractivity contribution < 1.29 is 9.53 Å². The maximum Gasteiger partial charge on any atom is 0.269 e. The molecule has 2 saturated carbocycles. The first-order valence-electron chi connectivity index (χ1n) is 13.0. The number of benzene rings is 1. The largest absolute Gasteiger partial charge is 0.494 e. The number of ether oxygens (including phenoxy) is 1. The van der Waals surface area contributed by atoms with E-state index in [1.807, 2.05) is 31.2 Å². The Balaban J connectivity index is 1.63. The van der Waals surface area contributed by atoms with Gasteiger partial charge in [-0.05, 0) is 49.9 Å². The molecule has 2 aliphatic carbocycles. The van der Waals surface area contributed by atoms with Crippen molar-refractivity contribution in [2.24, 2.45) is 11.7 Å². The van der Waals surface area contributed by atoms with E-state index in [1.165, 1.54) is 51.4 Å². The Morgan fingerprint density at radius 3 is 2.29 bits per heavy atom. The Morgan fingerprint density at radius 2 is 1.65 bits per heavy atom. The summed E-state index contributed by atoms with van der Waals surface area (Å²) >= 11 is 0. The van der Waals surface area contributed by atoms with E-state index in [9.17, 15) is 4.79 Å². The molecule has 2 fully saturated rings. The fourth-order valence-electron chi connectivity index (χ4n) is 5.70. The van der Waals surface area contributed by atoms with Crippen LogP contribution in [0.15, 0.2) is 24.3 Å². The van der Waals surface area contributed by atoms with Gasteiger partial charge < -0.3 is 15.0 Å². The highest BCUT2D eigenvalue weighted by molar-refractivity contribution is 6.02. The predicted molar refractivity (Wildman–Crippen MR) is 133 cm³/mol. The first-order chi connectivity index (χ1) is 16.6. The van der Waals surface area contributed by atoms with Crippen molar-refractivity contribution in [3.05, 3.63) is 35.8 Å². The number of imidazole rings is 1. The van der Waals surface area contributed by atoms with Crippen LogP contribution in [0.4, 0.5) is 0 Å². The number of hydrogen-bond acceptors (Lipinski definition) is 5. The van der Waals surface area contributed by atoms with Gasteiger partial charge in [0.25, 0.3) is 5.91 Å². The van der Waals surface area contributed by atoms with Gasteiger partial charge >= 0.3 is 0 Å². The number of hydrogen-bond donors (Lipinski definition) is 1. The zero-order valence-electron chi connectivity index (χ0n) is 20.1. The van der Waals surface area contributed by atoms with Gasteiger partial charge in [0.15, 0.2) is 17.2 Å². The number of nitrogens with two attached hydrogens (primary N) is 1. The molecule has 5 rings (SSSR count). The van der Waals surface area contributed by atoms with Gasteiger partial charge in [0.1, 0.15) is 17.1 Å². The Labute approximate surface area is 201 Å². The van der Waals surface area contributed by atoms with Crippen LogP contribution in [0.2, 0.25) is 0 Å². The molecule has 0 atom stereocenters. The van der Waals surface area contributed by atoms with Crippen molar-refractivity contribution >= 4 is 17.1 Å². The van der Waals surface area contributed by atoms with Gasteiger partial charge in [0, 0.05) is 18.0 Å². The van der Waals surface area contributed by atoms with Gasteiger partial charge in [0.05, 0.1) is 6.61 Å². The molecule has 0 spiro atoms. The number of nitrogens with zero attached hydrogens (tertiary/aromatic N) is 4. The number of aromatic nitrogens is 4. The fraction of sp³-hybridized carbons (Fsp3) is 0.556. The van der Waals surface area contributed by atoms with Crippen molar-refractivity contribution in [1.82, 2.24) is 19.5 Å². The van der Waals surface area contributed by atoms with Crippen LogP contribution in [0.5, 0.6) is 5.75 Å². The van der Waals surface area contributed by atoms with Crippen LogP contribution in [0, 0.1) is 5.92 Å². The van der Waals surface area contributed by atoms with Crippen LogP contribution >= 0.6 is 0 Å². The molecular weight excluding hydrogens is 426 g/mol. The van der Waals surface area contributed by atoms with E-state index in [4.69, 9.17) is 20.4 Å². The summed E-state index contributed by atoms with van der Waals surface area (Å²) < 4.78 is 7.92. The van der Waals surface area contributed by atoms with Gasteiger partial charge in [0.2, 0.25) is 0 Å². The van der Waals surface area contributed by atoms with E-state index in [0.29, 0.717) is 29.9 Å². The molecule has 7 heteroatoms. The second-order valence-electron chi connectivity index (χ2n) is 9.79. The van der Waals surface area contributed by atoms with Crippen LogP contribution in [-0.2, 0) is 6.42 Å². The molecule has 0 unspecified atom stereocenters. The molecule has 0 bridgehead atoms. The maximum absolute atomic E-state index is 12.5. The highest BCUT2D eigenvalue weighted by atomic mass is 16.5. The average molecular weight is 462 g/mol. The molecule has 34 heavy (non-hydrogen) atoms. The summed E-state index contributed by atoms with van der Waals surface area (Å²) in [6.45, 7) is 2.57. The van der Waals surface area contributed by atoms with Crippen LogP contribution < -0.4 is 10.5 Å². The number of carbonyl (C=O) groups excluding carboxylic acids is 1. The molecule has 180 valence electrons. The van der Waals surface area contributed by atoms with Crippen molar-refractivity contribution in [3.8, 4) is 17.1 Å². The van der Waals surface area contributed by atoms with Gasteiger partial charge in [-0.3, -0.25) is 4.79 Å². The van der Waals surface area contributed by atoms with Gasteiger partial charge in [-0.1, -0.05) is 51.4 Å². The SMILES string of the molecule is CCOc1ccc(-c2nc(C(N)=O)c3nc(CC4CCCCC4)n(C4CCCCC4)c3n2)cc1. The van der Waals surface area contributed by atoms with Gasteiger partial charge in [-0.2, -0.15) is 0 Å². The van der Waals surface area contributed by atoms with Crippen LogP contribution in [0.1, 0.15) is 93.5 Å². The smallest absolute Gasteiger partial charge is 0.269 e. The molecular formula is C27H35N5O2. The molecule has 2 N–H and O–H groups in total. The van der Waals surface area contributed by atoms with Crippen molar-refractivity contribution in [2.75, 3.05) is 6.61 Å². The number of fused-ring (bicyclic) bond motifs is 1. The molecule has 1 amide bonds. The maximum atomic E-state index is 12.5. The Bertz CT molecular complexity index is 1140. The summed E-state index contributed by atoms with van der Waals surface area (Å²) in [5, 5.41) is 0. The lowest BCUT2D eigenvalue weighted by molar-refractivity contribution is 0.0997. The van der Waals surface area contributed by atoms with Crippen molar-refractivity contribution in [3.63, 3.8) is 0 Å². The summed E-state index contributed by atoms with van der Waals surface area (Å²) in [4.78, 5) is 27.1. The van der Waals surface area contributed by atoms with Crippen LogP contribution in [-0.4, -0.2) is 32.0 Å². The summed E-state index contributed by atoms with van der Waals surface area (Å²) in [6, 6.07) is 8.04. The van der Waals surface area contributed by atoms with E-state index in [-0.39, 0.29) is 5.69 Å². The number of amides is 1. The minimum Gasteiger partial charge on any atom is -0.494 e. The average Bonchev–Trinajstić information content (AvgIpc) is 3.22. The lowest BCUT2D eigenvalue weighted by Gasteiger charge is -2.27. The number of rotatable bonds is 7.